The fraction of sp³-hybridized carbons (Fsp3) is 0.222. The molecule has 3 aromatic heterocycles. The van der Waals surface area contributed by atoms with E-state index in [-0.39, 0.29) is 29.9 Å². The van der Waals surface area contributed by atoms with Gasteiger partial charge in [0.2, 0.25) is 18.4 Å². The molecule has 34 heavy (non-hydrogen) atoms. The number of thioether (sulfide) groups is 1. The first-order valence-corrected chi connectivity index (χ1v) is 10.7. The summed E-state index contributed by atoms with van der Waals surface area (Å²) in [5.74, 6) is 1.06. The minimum Gasteiger partial charge on any atom is -0.454 e. The molecule has 0 fully saturated rings. The number of anilines is 1. The highest BCUT2D eigenvalue weighted by Gasteiger charge is 2.24. The Bertz CT molecular complexity index is 1390. The molecule has 0 spiro atoms. The molecule has 1 aliphatic heterocycles. The lowest BCUT2D eigenvalue weighted by atomic mass is 10.1. The third-order valence-electron chi connectivity index (χ3n) is 4.80. The standard InChI is InChI=1S/C18H17N11O4S/c1-9(10-3-4-12-13(5-10)32-8-31-12)21-23-17(30)14-11(6-34-18-24-20-7-28(18)2)29(27-22-14)16-15(19)25-33-26-16/h3-5,7H,6,8H2,1-2H3,(H2,19,25)(H,23,30)/b21-9-. The highest BCUT2D eigenvalue weighted by molar-refractivity contribution is 7.98. The first kappa shape index (κ1) is 21.4. The Hall–Kier alpha value is -4.47. The van der Waals surface area contributed by atoms with Crippen LogP contribution in [0.2, 0.25) is 0 Å². The van der Waals surface area contributed by atoms with Gasteiger partial charge < -0.3 is 19.8 Å². The minimum absolute atomic E-state index is 0.00144. The van der Waals surface area contributed by atoms with Crippen molar-refractivity contribution >= 4 is 29.2 Å². The third-order valence-corrected chi connectivity index (χ3v) is 5.84. The summed E-state index contributed by atoms with van der Waals surface area (Å²) in [6.07, 6.45) is 1.57. The van der Waals surface area contributed by atoms with E-state index in [0.717, 1.165) is 5.56 Å². The molecule has 4 heterocycles. The number of ether oxygens (including phenoxy) is 2. The van der Waals surface area contributed by atoms with Gasteiger partial charge in [0.1, 0.15) is 6.33 Å². The van der Waals surface area contributed by atoms with Crippen molar-refractivity contribution in [3.63, 3.8) is 0 Å². The van der Waals surface area contributed by atoms with Crippen LogP contribution in [0.15, 0.2) is 39.4 Å². The lowest BCUT2D eigenvalue weighted by Gasteiger charge is -2.06. The monoisotopic (exact) mass is 483 g/mol. The average Bonchev–Trinajstić information content (AvgIpc) is 3.62. The molecule has 0 radical (unpaired) electrons. The molecule has 0 atom stereocenters. The highest BCUT2D eigenvalue weighted by Crippen LogP contribution is 2.32. The maximum atomic E-state index is 13.0. The number of hydrazone groups is 1. The van der Waals surface area contributed by atoms with E-state index in [9.17, 15) is 4.79 Å². The number of hydrogen-bond donors (Lipinski definition) is 2. The molecule has 5 rings (SSSR count). The first-order chi connectivity index (χ1) is 16.5. The van der Waals surface area contributed by atoms with Crippen LogP contribution in [0.3, 0.4) is 0 Å². The second-order valence-electron chi connectivity index (χ2n) is 6.99. The zero-order valence-electron chi connectivity index (χ0n) is 17.9. The molecule has 3 N–H and O–H groups in total. The number of aromatic nitrogens is 8. The van der Waals surface area contributed by atoms with E-state index in [1.54, 1.807) is 37.0 Å². The largest absolute Gasteiger partial charge is 0.454 e. The second-order valence-corrected chi connectivity index (χ2v) is 7.93. The first-order valence-electron chi connectivity index (χ1n) is 9.75. The van der Waals surface area contributed by atoms with Crippen LogP contribution in [-0.4, -0.2) is 58.5 Å². The van der Waals surface area contributed by atoms with Gasteiger partial charge in [-0.05, 0) is 35.4 Å². The molecule has 0 unspecified atom stereocenters. The summed E-state index contributed by atoms with van der Waals surface area (Å²) in [5.41, 5.74) is 10.1. The predicted octanol–water partition coefficient (Wildman–Crippen LogP) is 0.536. The van der Waals surface area contributed by atoms with Gasteiger partial charge >= 0.3 is 0 Å². The molecule has 0 saturated carbocycles. The summed E-state index contributed by atoms with van der Waals surface area (Å²) in [6.45, 7) is 1.92. The molecule has 1 aromatic carbocycles. The fourth-order valence-electron chi connectivity index (χ4n) is 3.03. The topological polar surface area (TPSA) is 186 Å². The van der Waals surface area contributed by atoms with Crippen molar-refractivity contribution < 1.29 is 18.9 Å². The summed E-state index contributed by atoms with van der Waals surface area (Å²) >= 11 is 1.32. The van der Waals surface area contributed by atoms with Crippen LogP contribution in [0, 0.1) is 0 Å². The van der Waals surface area contributed by atoms with E-state index >= 15 is 0 Å². The normalized spacial score (nSPS) is 12.8. The number of carbonyl (C=O) groups is 1. The molecule has 16 heteroatoms. The second kappa shape index (κ2) is 8.81. The summed E-state index contributed by atoms with van der Waals surface area (Å²) in [5, 5.41) is 28.0. The summed E-state index contributed by atoms with van der Waals surface area (Å²) in [6, 6.07) is 5.38. The van der Waals surface area contributed by atoms with Gasteiger partial charge in [-0.25, -0.2) is 10.1 Å². The van der Waals surface area contributed by atoms with E-state index < -0.39 is 5.91 Å². The van der Waals surface area contributed by atoms with Crippen molar-refractivity contribution in [2.75, 3.05) is 12.5 Å². The Morgan fingerprint density at radius 3 is 2.88 bits per heavy atom. The lowest BCUT2D eigenvalue weighted by molar-refractivity contribution is 0.0949. The molecular weight excluding hydrogens is 466 g/mol. The summed E-state index contributed by atoms with van der Waals surface area (Å²) in [7, 11) is 1.80. The smallest absolute Gasteiger partial charge is 0.293 e. The van der Waals surface area contributed by atoms with Crippen molar-refractivity contribution in [3.05, 3.63) is 41.5 Å². The molecular formula is C18H17N11O4S. The maximum Gasteiger partial charge on any atom is 0.293 e. The molecule has 1 aliphatic rings. The molecule has 15 nitrogen and oxygen atoms in total. The quantitative estimate of drug-likeness (QED) is 0.211. The van der Waals surface area contributed by atoms with Gasteiger partial charge in [0.25, 0.3) is 5.91 Å². The van der Waals surface area contributed by atoms with Crippen LogP contribution < -0.4 is 20.6 Å². The average molecular weight is 483 g/mol. The zero-order valence-corrected chi connectivity index (χ0v) is 18.7. The van der Waals surface area contributed by atoms with Crippen molar-refractivity contribution in [2.45, 2.75) is 17.8 Å². The Morgan fingerprint density at radius 2 is 2.12 bits per heavy atom. The zero-order chi connectivity index (χ0) is 23.7. The van der Waals surface area contributed by atoms with E-state index in [0.29, 0.717) is 28.1 Å². The molecule has 174 valence electrons. The van der Waals surface area contributed by atoms with Gasteiger partial charge in [-0.1, -0.05) is 17.0 Å². The van der Waals surface area contributed by atoms with Crippen LogP contribution in [-0.2, 0) is 12.8 Å². The van der Waals surface area contributed by atoms with E-state index in [2.05, 4.69) is 46.0 Å². The van der Waals surface area contributed by atoms with Crippen LogP contribution in [0.4, 0.5) is 5.82 Å². The SMILES string of the molecule is C/C(=N/NC(=O)c1nnn(-c2nonc2N)c1CSc1nncn1C)c1ccc2c(c1)OCO2. The maximum absolute atomic E-state index is 13.0. The number of nitrogens with zero attached hydrogens (tertiary/aromatic N) is 9. The Kier molecular flexibility index (Phi) is 5.54. The van der Waals surface area contributed by atoms with Crippen LogP contribution in [0.1, 0.15) is 28.7 Å². The van der Waals surface area contributed by atoms with E-state index in [4.69, 9.17) is 15.2 Å². The molecule has 0 saturated heterocycles. The van der Waals surface area contributed by atoms with Gasteiger partial charge in [-0.2, -0.15) is 9.78 Å². The Morgan fingerprint density at radius 1 is 1.26 bits per heavy atom. The lowest BCUT2D eigenvalue weighted by Crippen LogP contribution is -2.21. The number of rotatable bonds is 7. The van der Waals surface area contributed by atoms with Gasteiger partial charge in [-0.3, -0.25) is 4.79 Å². The van der Waals surface area contributed by atoms with Crippen LogP contribution in [0.25, 0.3) is 5.82 Å². The number of carbonyl (C=O) groups excluding carboxylic acids is 1. The molecule has 0 bridgehead atoms. The van der Waals surface area contributed by atoms with Crippen LogP contribution >= 0.6 is 11.8 Å². The highest BCUT2D eigenvalue weighted by atomic mass is 32.2. The molecule has 0 aliphatic carbocycles. The summed E-state index contributed by atoms with van der Waals surface area (Å²) in [4.78, 5) is 13.0. The minimum atomic E-state index is -0.574. The number of aryl methyl sites for hydroxylation is 1. The Balaban J connectivity index is 1.40. The van der Waals surface area contributed by atoms with Crippen LogP contribution in [0.5, 0.6) is 11.5 Å². The number of nitrogen functional groups attached to an aromatic ring is 1. The molecule has 1 amide bonds. The van der Waals surface area contributed by atoms with Crippen molar-refractivity contribution in [1.29, 1.82) is 0 Å². The van der Waals surface area contributed by atoms with Crippen molar-refractivity contribution in [1.82, 2.24) is 45.5 Å². The van der Waals surface area contributed by atoms with Gasteiger partial charge in [0.05, 0.1) is 11.4 Å². The van der Waals surface area contributed by atoms with E-state index in [1.807, 2.05) is 6.07 Å². The molecule has 4 aromatic rings. The number of nitrogens with two attached hydrogens (primary N) is 1. The van der Waals surface area contributed by atoms with Gasteiger partial charge in [-0.15, -0.1) is 15.3 Å². The number of benzene rings is 1. The predicted molar refractivity (Wildman–Crippen MR) is 116 cm³/mol. The number of hydrogen-bond acceptors (Lipinski definition) is 13. The summed E-state index contributed by atoms with van der Waals surface area (Å²) < 4.78 is 18.4. The fourth-order valence-corrected chi connectivity index (χ4v) is 3.91. The van der Waals surface area contributed by atoms with Gasteiger partial charge in [0.15, 0.2) is 22.3 Å². The Labute approximate surface area is 195 Å². The van der Waals surface area contributed by atoms with E-state index in [1.165, 1.54) is 16.4 Å². The number of fused-ring (bicyclic) bond motifs is 1. The van der Waals surface area contributed by atoms with Gasteiger partial charge in [0, 0.05) is 18.4 Å². The van der Waals surface area contributed by atoms with Crippen molar-refractivity contribution in [3.8, 4) is 17.3 Å². The number of nitrogens with one attached hydrogen (secondary N) is 1. The third kappa shape index (κ3) is 4.01. The number of amides is 1. The van der Waals surface area contributed by atoms with Crippen molar-refractivity contribution in [2.24, 2.45) is 12.1 Å².